The predicted molar refractivity (Wildman–Crippen MR) is 74.6 cm³/mol. The first-order chi connectivity index (χ1) is 7.27. The zero-order chi connectivity index (χ0) is 10.7. The van der Waals surface area contributed by atoms with Crippen LogP contribution in [-0.2, 0) is 14.2 Å². The quantitative estimate of drug-likeness (QED) is 0.491. The fourth-order valence-corrected chi connectivity index (χ4v) is 3.45. The van der Waals surface area contributed by atoms with E-state index in [1.54, 1.807) is 0 Å². The van der Waals surface area contributed by atoms with Crippen molar-refractivity contribution in [2.75, 3.05) is 13.2 Å². The first-order valence-electron chi connectivity index (χ1n) is 5.44. The molecule has 4 unspecified atom stereocenters. The highest BCUT2D eigenvalue weighted by Gasteiger charge is 2.32. The summed E-state index contributed by atoms with van der Waals surface area (Å²) in [6.45, 7) is 1.64. The molecular weight excluding hydrogens is 422 g/mol. The third-order valence-electron chi connectivity index (χ3n) is 2.67. The normalized spacial score (nSPS) is 42.8. The van der Waals surface area contributed by atoms with Crippen LogP contribution in [0.3, 0.4) is 0 Å². The molecule has 0 radical (unpaired) electrons. The van der Waals surface area contributed by atoms with Gasteiger partial charge in [-0.1, -0.05) is 45.2 Å². The highest BCUT2D eigenvalue weighted by molar-refractivity contribution is 14.1. The van der Waals surface area contributed by atoms with E-state index in [9.17, 15) is 0 Å². The average molecular weight is 438 g/mol. The molecule has 0 spiro atoms. The molecule has 0 N–H and O–H groups in total. The number of rotatable bonds is 2. The van der Waals surface area contributed by atoms with Crippen LogP contribution in [0.2, 0.25) is 0 Å². The van der Waals surface area contributed by atoms with Crippen LogP contribution in [-0.4, -0.2) is 33.6 Å². The second kappa shape index (κ2) is 6.32. The lowest BCUT2D eigenvalue weighted by Crippen LogP contribution is -2.41. The molecule has 3 nitrogen and oxygen atoms in total. The van der Waals surface area contributed by atoms with Gasteiger partial charge in [-0.15, -0.1) is 0 Å². The Hall–Kier alpha value is 1.34. The monoisotopic (exact) mass is 438 g/mol. The molecule has 2 heterocycles. The van der Waals surface area contributed by atoms with Crippen molar-refractivity contribution < 1.29 is 14.2 Å². The number of hydrogen-bond donors (Lipinski definition) is 0. The molecule has 0 bridgehead atoms. The summed E-state index contributed by atoms with van der Waals surface area (Å²) in [5, 5.41) is 0. The molecule has 2 saturated heterocycles. The standard InChI is InChI=1S/C10H16I2O3/c11-7-3-1-5-13-9(7)15-10-8(12)4-2-6-14-10/h7-10H,1-6H2. The minimum absolute atomic E-state index is 0.0697. The molecule has 0 aromatic carbocycles. The predicted octanol–water partition coefficient (Wildman–Crippen LogP) is 2.88. The zero-order valence-electron chi connectivity index (χ0n) is 8.53. The minimum atomic E-state index is -0.0697. The van der Waals surface area contributed by atoms with Gasteiger partial charge in [0.2, 0.25) is 0 Å². The number of halogens is 2. The van der Waals surface area contributed by atoms with E-state index in [1.165, 1.54) is 12.8 Å². The van der Waals surface area contributed by atoms with E-state index in [0.717, 1.165) is 26.1 Å². The van der Waals surface area contributed by atoms with Crippen LogP contribution in [0.25, 0.3) is 0 Å². The average Bonchev–Trinajstić information content (AvgIpc) is 2.24. The van der Waals surface area contributed by atoms with Crippen molar-refractivity contribution in [3.05, 3.63) is 0 Å². The number of ether oxygens (including phenoxy) is 3. The number of hydrogen-bond acceptors (Lipinski definition) is 3. The third-order valence-corrected chi connectivity index (χ3v) is 5.09. The van der Waals surface area contributed by atoms with E-state index in [1.807, 2.05) is 0 Å². The summed E-state index contributed by atoms with van der Waals surface area (Å²) in [5.74, 6) is 0. The van der Waals surface area contributed by atoms with Gasteiger partial charge in [0.05, 0.1) is 7.85 Å². The Balaban J connectivity index is 1.83. The summed E-state index contributed by atoms with van der Waals surface area (Å²) in [7, 11) is 0. The second-order valence-corrected chi connectivity index (χ2v) is 7.13. The molecule has 0 aromatic heterocycles. The van der Waals surface area contributed by atoms with E-state index in [0.29, 0.717) is 7.85 Å². The smallest absolute Gasteiger partial charge is 0.172 e. The van der Waals surface area contributed by atoms with Gasteiger partial charge in [-0.25, -0.2) is 0 Å². The highest BCUT2D eigenvalue weighted by atomic mass is 127. The SMILES string of the molecule is IC1CCCOC1OC1OCCCC1I. The number of alkyl halides is 2. The van der Waals surface area contributed by atoms with Gasteiger partial charge in [-0.3, -0.25) is 0 Å². The van der Waals surface area contributed by atoms with E-state index in [2.05, 4.69) is 45.2 Å². The Morgan fingerprint density at radius 2 is 1.33 bits per heavy atom. The molecule has 0 amide bonds. The van der Waals surface area contributed by atoms with Gasteiger partial charge in [0.25, 0.3) is 0 Å². The van der Waals surface area contributed by atoms with Gasteiger partial charge in [0, 0.05) is 13.2 Å². The third kappa shape index (κ3) is 3.65. The van der Waals surface area contributed by atoms with Gasteiger partial charge in [0.15, 0.2) is 12.6 Å². The van der Waals surface area contributed by atoms with E-state index < -0.39 is 0 Å². The van der Waals surface area contributed by atoms with Crippen LogP contribution < -0.4 is 0 Å². The maximum absolute atomic E-state index is 5.90. The van der Waals surface area contributed by atoms with Crippen LogP contribution >= 0.6 is 45.2 Å². The molecular formula is C10H16I2O3. The molecule has 15 heavy (non-hydrogen) atoms. The van der Waals surface area contributed by atoms with Gasteiger partial charge < -0.3 is 14.2 Å². The van der Waals surface area contributed by atoms with Crippen LogP contribution in [0.4, 0.5) is 0 Å². The van der Waals surface area contributed by atoms with E-state index in [-0.39, 0.29) is 12.6 Å². The molecule has 0 aromatic rings. The van der Waals surface area contributed by atoms with Crippen molar-refractivity contribution in [1.29, 1.82) is 0 Å². The fourth-order valence-electron chi connectivity index (χ4n) is 1.82. The summed E-state index contributed by atoms with van der Waals surface area (Å²) in [6.07, 6.45) is 4.52. The maximum Gasteiger partial charge on any atom is 0.172 e. The molecule has 88 valence electrons. The molecule has 2 aliphatic rings. The zero-order valence-corrected chi connectivity index (χ0v) is 12.8. The van der Waals surface area contributed by atoms with E-state index >= 15 is 0 Å². The van der Waals surface area contributed by atoms with Gasteiger partial charge in [-0.2, -0.15) is 0 Å². The lowest BCUT2D eigenvalue weighted by atomic mass is 10.2. The van der Waals surface area contributed by atoms with Crippen molar-refractivity contribution >= 4 is 45.2 Å². The molecule has 2 rings (SSSR count). The molecule has 2 aliphatic heterocycles. The van der Waals surface area contributed by atoms with Crippen molar-refractivity contribution in [2.45, 2.75) is 46.1 Å². The van der Waals surface area contributed by atoms with Gasteiger partial charge in [0.1, 0.15) is 0 Å². The Morgan fingerprint density at radius 1 is 0.867 bits per heavy atom. The highest BCUT2D eigenvalue weighted by Crippen LogP contribution is 2.28. The largest absolute Gasteiger partial charge is 0.351 e. The summed E-state index contributed by atoms with van der Waals surface area (Å²) >= 11 is 4.83. The maximum atomic E-state index is 5.90. The molecule has 0 saturated carbocycles. The Bertz CT molecular complexity index is 183. The van der Waals surface area contributed by atoms with E-state index in [4.69, 9.17) is 14.2 Å². The minimum Gasteiger partial charge on any atom is -0.351 e. The van der Waals surface area contributed by atoms with Crippen molar-refractivity contribution in [3.63, 3.8) is 0 Å². The van der Waals surface area contributed by atoms with Crippen LogP contribution in [0.1, 0.15) is 25.7 Å². The van der Waals surface area contributed by atoms with Gasteiger partial charge >= 0.3 is 0 Å². The lowest BCUT2D eigenvalue weighted by Gasteiger charge is -2.34. The Labute approximate surface area is 118 Å². The first-order valence-corrected chi connectivity index (χ1v) is 7.93. The Kier molecular flexibility index (Phi) is 5.39. The van der Waals surface area contributed by atoms with Crippen LogP contribution in [0.15, 0.2) is 0 Å². The van der Waals surface area contributed by atoms with Crippen LogP contribution in [0.5, 0.6) is 0 Å². The van der Waals surface area contributed by atoms with Crippen molar-refractivity contribution in [1.82, 2.24) is 0 Å². The summed E-state index contributed by atoms with van der Waals surface area (Å²) in [6, 6.07) is 0. The summed E-state index contributed by atoms with van der Waals surface area (Å²) in [4.78, 5) is 0. The lowest BCUT2D eigenvalue weighted by molar-refractivity contribution is -0.256. The van der Waals surface area contributed by atoms with Crippen molar-refractivity contribution in [3.8, 4) is 0 Å². The second-order valence-electron chi connectivity index (χ2n) is 3.93. The summed E-state index contributed by atoms with van der Waals surface area (Å²) in [5.41, 5.74) is 0. The first kappa shape index (κ1) is 12.8. The van der Waals surface area contributed by atoms with Gasteiger partial charge in [-0.05, 0) is 25.7 Å². The molecule has 2 fully saturated rings. The molecule has 0 aliphatic carbocycles. The fraction of sp³-hybridized carbons (Fsp3) is 1.00. The Morgan fingerprint density at radius 3 is 1.73 bits per heavy atom. The topological polar surface area (TPSA) is 27.7 Å². The molecule has 5 heteroatoms. The van der Waals surface area contributed by atoms with Crippen LogP contribution in [0, 0.1) is 0 Å². The molecule has 4 atom stereocenters. The van der Waals surface area contributed by atoms with Crippen molar-refractivity contribution in [2.24, 2.45) is 0 Å². The summed E-state index contributed by atoms with van der Waals surface area (Å²) < 4.78 is 18.1.